The number of benzene rings is 1. The van der Waals surface area contributed by atoms with E-state index in [-0.39, 0.29) is 12.0 Å². The van der Waals surface area contributed by atoms with E-state index in [2.05, 4.69) is 32.0 Å². The summed E-state index contributed by atoms with van der Waals surface area (Å²) in [4.78, 5) is 15.0. The summed E-state index contributed by atoms with van der Waals surface area (Å²) >= 11 is 0. The van der Waals surface area contributed by atoms with Crippen molar-refractivity contribution in [1.29, 1.82) is 0 Å². The van der Waals surface area contributed by atoms with E-state index in [0.29, 0.717) is 12.5 Å². The van der Waals surface area contributed by atoms with Crippen molar-refractivity contribution in [2.75, 3.05) is 13.1 Å². The molecule has 1 atom stereocenters. The van der Waals surface area contributed by atoms with E-state index >= 15 is 0 Å². The Kier molecular flexibility index (Phi) is 5.80. The Balaban J connectivity index is 2.21. The monoisotopic (exact) mass is 288 g/mol. The molecule has 0 aliphatic carbocycles. The van der Waals surface area contributed by atoms with Crippen LogP contribution in [0.1, 0.15) is 56.7 Å². The zero-order valence-corrected chi connectivity index (χ0v) is 13.3. The van der Waals surface area contributed by atoms with Crippen LogP contribution in [0.15, 0.2) is 24.3 Å². The standard InChI is InChI=1S/C18H28N2O/c1-3-7-15(8-4-2)18(21)20-12-11-14-9-5-6-10-16(14)17(20)13-19/h5-6,9-10,15,17H,3-4,7-8,11-13,19H2,1-2H3. The summed E-state index contributed by atoms with van der Waals surface area (Å²) in [7, 11) is 0. The van der Waals surface area contributed by atoms with Gasteiger partial charge in [0, 0.05) is 19.0 Å². The molecule has 0 spiro atoms. The maximum atomic E-state index is 12.9. The molecule has 1 amide bonds. The third-order valence-electron chi connectivity index (χ3n) is 4.54. The maximum Gasteiger partial charge on any atom is 0.226 e. The van der Waals surface area contributed by atoms with E-state index in [9.17, 15) is 4.79 Å². The van der Waals surface area contributed by atoms with Crippen LogP contribution in [0.5, 0.6) is 0 Å². The number of amides is 1. The topological polar surface area (TPSA) is 46.3 Å². The first-order valence-corrected chi connectivity index (χ1v) is 8.31. The van der Waals surface area contributed by atoms with Gasteiger partial charge in [-0.1, -0.05) is 51.0 Å². The van der Waals surface area contributed by atoms with Crippen LogP contribution >= 0.6 is 0 Å². The molecule has 116 valence electrons. The Hall–Kier alpha value is -1.35. The molecule has 1 aliphatic heterocycles. The van der Waals surface area contributed by atoms with Crippen LogP contribution in [0, 0.1) is 5.92 Å². The van der Waals surface area contributed by atoms with Gasteiger partial charge in [0.05, 0.1) is 6.04 Å². The lowest BCUT2D eigenvalue weighted by atomic mass is 9.89. The molecule has 3 nitrogen and oxygen atoms in total. The van der Waals surface area contributed by atoms with Crippen LogP contribution in [0.3, 0.4) is 0 Å². The highest BCUT2D eigenvalue weighted by atomic mass is 16.2. The molecule has 2 N–H and O–H groups in total. The van der Waals surface area contributed by atoms with E-state index in [0.717, 1.165) is 38.6 Å². The van der Waals surface area contributed by atoms with Crippen molar-refractivity contribution in [3.63, 3.8) is 0 Å². The van der Waals surface area contributed by atoms with E-state index in [1.165, 1.54) is 11.1 Å². The summed E-state index contributed by atoms with van der Waals surface area (Å²) < 4.78 is 0. The molecule has 0 saturated carbocycles. The molecule has 1 unspecified atom stereocenters. The van der Waals surface area contributed by atoms with E-state index in [1.54, 1.807) is 0 Å². The summed E-state index contributed by atoms with van der Waals surface area (Å²) in [6.45, 7) is 5.62. The fraction of sp³-hybridized carbons (Fsp3) is 0.611. The quantitative estimate of drug-likeness (QED) is 0.873. The summed E-state index contributed by atoms with van der Waals surface area (Å²) in [5, 5.41) is 0. The van der Waals surface area contributed by atoms with Crippen LogP contribution in [-0.4, -0.2) is 23.9 Å². The minimum atomic E-state index is 0.0543. The van der Waals surface area contributed by atoms with E-state index in [1.807, 2.05) is 11.0 Å². The van der Waals surface area contributed by atoms with Gasteiger partial charge in [-0.05, 0) is 30.4 Å². The van der Waals surface area contributed by atoms with Gasteiger partial charge in [-0.15, -0.1) is 0 Å². The van der Waals surface area contributed by atoms with Crippen molar-refractivity contribution in [1.82, 2.24) is 4.90 Å². The lowest BCUT2D eigenvalue weighted by molar-refractivity contribution is -0.139. The van der Waals surface area contributed by atoms with Crippen LogP contribution < -0.4 is 5.73 Å². The number of fused-ring (bicyclic) bond motifs is 1. The van der Waals surface area contributed by atoms with Gasteiger partial charge in [-0.3, -0.25) is 4.79 Å². The average Bonchev–Trinajstić information content (AvgIpc) is 2.52. The van der Waals surface area contributed by atoms with Crippen LogP contribution in [0.4, 0.5) is 0 Å². The zero-order chi connectivity index (χ0) is 15.2. The highest BCUT2D eigenvalue weighted by Gasteiger charge is 2.32. The second-order valence-electron chi connectivity index (χ2n) is 6.01. The lowest BCUT2D eigenvalue weighted by Gasteiger charge is -2.38. The third kappa shape index (κ3) is 3.46. The van der Waals surface area contributed by atoms with Gasteiger partial charge in [0.1, 0.15) is 0 Å². The highest BCUT2D eigenvalue weighted by molar-refractivity contribution is 5.79. The Morgan fingerprint density at radius 2 is 1.95 bits per heavy atom. The predicted octanol–water partition coefficient (Wildman–Crippen LogP) is 3.29. The number of hydrogen-bond acceptors (Lipinski definition) is 2. The Labute approximate surface area is 128 Å². The van der Waals surface area contributed by atoms with Gasteiger partial charge in [-0.25, -0.2) is 0 Å². The minimum absolute atomic E-state index is 0.0543. The summed E-state index contributed by atoms with van der Waals surface area (Å²) in [6.07, 6.45) is 5.05. The van der Waals surface area contributed by atoms with Crippen molar-refractivity contribution in [3.8, 4) is 0 Å². The fourth-order valence-electron chi connectivity index (χ4n) is 3.49. The van der Waals surface area contributed by atoms with Crippen molar-refractivity contribution in [2.24, 2.45) is 11.7 Å². The molecule has 21 heavy (non-hydrogen) atoms. The molecule has 1 heterocycles. The number of carbonyl (C=O) groups is 1. The SMILES string of the molecule is CCCC(CCC)C(=O)N1CCc2ccccc2C1CN. The first kappa shape index (κ1) is 16.0. The molecule has 1 aliphatic rings. The molecular weight excluding hydrogens is 260 g/mol. The molecule has 2 rings (SSSR count). The molecule has 0 bridgehead atoms. The second-order valence-corrected chi connectivity index (χ2v) is 6.01. The number of nitrogens with two attached hydrogens (primary N) is 1. The van der Waals surface area contributed by atoms with Gasteiger partial charge in [0.15, 0.2) is 0 Å². The smallest absolute Gasteiger partial charge is 0.226 e. The summed E-state index contributed by atoms with van der Waals surface area (Å²) in [5.41, 5.74) is 8.59. The molecule has 0 saturated heterocycles. The highest BCUT2D eigenvalue weighted by Crippen LogP contribution is 2.31. The Bertz CT molecular complexity index is 466. The van der Waals surface area contributed by atoms with Gasteiger partial charge in [0.25, 0.3) is 0 Å². The molecular formula is C18H28N2O. The van der Waals surface area contributed by atoms with E-state index < -0.39 is 0 Å². The predicted molar refractivity (Wildman–Crippen MR) is 87.0 cm³/mol. The van der Waals surface area contributed by atoms with Crippen LogP contribution in [-0.2, 0) is 11.2 Å². The number of carbonyl (C=O) groups excluding carboxylic acids is 1. The van der Waals surface area contributed by atoms with E-state index in [4.69, 9.17) is 5.73 Å². The van der Waals surface area contributed by atoms with Crippen molar-refractivity contribution < 1.29 is 4.79 Å². The third-order valence-corrected chi connectivity index (χ3v) is 4.54. The van der Waals surface area contributed by atoms with Crippen LogP contribution in [0.25, 0.3) is 0 Å². The number of rotatable bonds is 6. The molecule has 0 fully saturated rings. The van der Waals surface area contributed by atoms with Gasteiger partial charge in [0.2, 0.25) is 5.91 Å². The van der Waals surface area contributed by atoms with Gasteiger partial charge in [-0.2, -0.15) is 0 Å². The first-order valence-electron chi connectivity index (χ1n) is 8.31. The zero-order valence-electron chi connectivity index (χ0n) is 13.3. The van der Waals surface area contributed by atoms with Crippen LogP contribution in [0.2, 0.25) is 0 Å². The Morgan fingerprint density at radius 1 is 1.29 bits per heavy atom. The van der Waals surface area contributed by atoms with Gasteiger partial charge >= 0.3 is 0 Å². The normalized spacial score (nSPS) is 17.9. The second kappa shape index (κ2) is 7.60. The summed E-state index contributed by atoms with van der Waals surface area (Å²) in [5.74, 6) is 0.475. The largest absolute Gasteiger partial charge is 0.334 e. The molecule has 1 aromatic carbocycles. The molecule has 1 aromatic rings. The average molecular weight is 288 g/mol. The van der Waals surface area contributed by atoms with Crippen molar-refractivity contribution in [3.05, 3.63) is 35.4 Å². The number of nitrogens with zero attached hydrogens (tertiary/aromatic N) is 1. The van der Waals surface area contributed by atoms with Gasteiger partial charge < -0.3 is 10.6 Å². The lowest BCUT2D eigenvalue weighted by Crippen LogP contribution is -2.45. The molecule has 3 heteroatoms. The summed E-state index contributed by atoms with van der Waals surface area (Å²) in [6, 6.07) is 8.46. The van der Waals surface area contributed by atoms with Crippen molar-refractivity contribution >= 4 is 5.91 Å². The Morgan fingerprint density at radius 3 is 2.57 bits per heavy atom. The fourth-order valence-corrected chi connectivity index (χ4v) is 3.49. The minimum Gasteiger partial charge on any atom is -0.334 e. The number of hydrogen-bond donors (Lipinski definition) is 1. The molecule has 0 radical (unpaired) electrons. The van der Waals surface area contributed by atoms with Crippen molar-refractivity contribution in [2.45, 2.75) is 52.0 Å². The molecule has 0 aromatic heterocycles. The first-order chi connectivity index (χ1) is 10.2. The maximum absolute atomic E-state index is 12.9.